The Labute approximate surface area is 102 Å². The van der Waals surface area contributed by atoms with Crippen molar-refractivity contribution < 1.29 is 0 Å². The van der Waals surface area contributed by atoms with E-state index in [0.29, 0.717) is 0 Å². The van der Waals surface area contributed by atoms with Crippen molar-refractivity contribution in [2.24, 2.45) is 0 Å². The summed E-state index contributed by atoms with van der Waals surface area (Å²) in [4.78, 5) is 4.60. The van der Waals surface area contributed by atoms with Gasteiger partial charge in [0.2, 0.25) is 0 Å². The van der Waals surface area contributed by atoms with Gasteiger partial charge in [0.15, 0.2) is 0 Å². The average Bonchev–Trinajstić information content (AvgIpc) is 2.26. The monoisotopic (exact) mass is 306 g/mol. The number of aromatic nitrogens is 1. The van der Waals surface area contributed by atoms with Gasteiger partial charge >= 0.3 is 103 Å². The van der Waals surface area contributed by atoms with Gasteiger partial charge in [0.25, 0.3) is 0 Å². The first-order valence-electron chi connectivity index (χ1n) is 5.63. The van der Waals surface area contributed by atoms with Gasteiger partial charge in [0.05, 0.1) is 0 Å². The Balaban J connectivity index is 2.00. The summed E-state index contributed by atoms with van der Waals surface area (Å²) in [7, 11) is 0. The van der Waals surface area contributed by atoms with Gasteiger partial charge in [-0.2, -0.15) is 0 Å². The van der Waals surface area contributed by atoms with E-state index < -0.39 is 0 Å². The van der Waals surface area contributed by atoms with Crippen LogP contribution in [0.5, 0.6) is 0 Å². The van der Waals surface area contributed by atoms with Crippen molar-refractivity contribution in [1.82, 2.24) is 15.6 Å². The summed E-state index contributed by atoms with van der Waals surface area (Å²) in [5.41, 5.74) is 2.34. The van der Waals surface area contributed by atoms with Crippen LogP contribution in [-0.4, -0.2) is 41.0 Å². The molecule has 0 unspecified atom stereocenters. The summed E-state index contributed by atoms with van der Waals surface area (Å²) in [6, 6.07) is 6.30. The molecule has 15 heavy (non-hydrogen) atoms. The van der Waals surface area contributed by atoms with E-state index >= 15 is 0 Å². The Morgan fingerprint density at radius 1 is 1.00 bits per heavy atom. The van der Waals surface area contributed by atoms with Gasteiger partial charge in [0, 0.05) is 0 Å². The van der Waals surface area contributed by atoms with Crippen LogP contribution in [0, 0.1) is 0 Å². The van der Waals surface area contributed by atoms with E-state index in [4.69, 9.17) is 0 Å². The molecule has 1 aliphatic rings. The molecule has 1 aliphatic heterocycles. The Hall–Kier alpha value is -0.0599. The van der Waals surface area contributed by atoms with Crippen LogP contribution in [0.2, 0.25) is 8.35 Å². The summed E-state index contributed by atoms with van der Waals surface area (Å²) in [5.74, 6) is 0. The molecule has 0 saturated carbocycles. The van der Waals surface area contributed by atoms with Gasteiger partial charge < -0.3 is 0 Å². The molecule has 0 amide bonds. The average molecular weight is 306 g/mol. The number of hydrogen-bond acceptors (Lipinski definition) is 3. The molecule has 4 heteroatoms. The van der Waals surface area contributed by atoms with Gasteiger partial charge in [-0.25, -0.2) is 0 Å². The topological polar surface area (TPSA) is 37.0 Å². The third kappa shape index (κ3) is 4.13. The Morgan fingerprint density at radius 2 is 1.60 bits per heavy atom. The van der Waals surface area contributed by atoms with Crippen LogP contribution in [0.15, 0.2) is 18.2 Å². The van der Waals surface area contributed by atoms with E-state index in [-0.39, 0.29) is 22.9 Å². The van der Waals surface area contributed by atoms with Crippen molar-refractivity contribution in [1.29, 1.82) is 0 Å². The summed E-state index contributed by atoms with van der Waals surface area (Å²) in [6.45, 7) is 4.23. The zero-order valence-electron chi connectivity index (χ0n) is 9.00. The molecule has 2 N–H and O–H groups in total. The molecular weight excluding hydrogens is 289 g/mol. The number of hydrogen-bond donors (Lipinski definition) is 2. The molecule has 0 atom stereocenters. The second kappa shape index (κ2) is 6.51. The van der Waals surface area contributed by atoms with E-state index in [0.717, 1.165) is 13.1 Å². The van der Waals surface area contributed by atoms with Crippen LogP contribution in [0.4, 0.5) is 0 Å². The Bertz CT molecular complexity index is 278. The molecule has 0 spiro atoms. The van der Waals surface area contributed by atoms with Crippen molar-refractivity contribution in [2.75, 3.05) is 13.1 Å². The molecule has 2 heterocycles. The van der Waals surface area contributed by atoms with Crippen LogP contribution in [0.3, 0.4) is 0 Å². The fourth-order valence-electron chi connectivity index (χ4n) is 1.71. The number of nitrogens with zero attached hydrogens (tertiary/aromatic N) is 1. The van der Waals surface area contributed by atoms with E-state index in [1.807, 2.05) is 0 Å². The Morgan fingerprint density at radius 3 is 2.20 bits per heavy atom. The molecule has 0 aromatic carbocycles. The van der Waals surface area contributed by atoms with Gasteiger partial charge in [-0.3, -0.25) is 0 Å². The number of nitrogens with one attached hydrogen (secondary N) is 2. The SMILES string of the molecule is c1cc2nc(c1)CNC[CH2][In][CH2]CNC2. The van der Waals surface area contributed by atoms with E-state index in [2.05, 4.69) is 33.8 Å². The van der Waals surface area contributed by atoms with Crippen molar-refractivity contribution in [3.8, 4) is 0 Å². The molecule has 1 aromatic rings. The van der Waals surface area contributed by atoms with Gasteiger partial charge in [-0.1, -0.05) is 0 Å². The molecule has 1 aromatic heterocycles. The van der Waals surface area contributed by atoms with Crippen molar-refractivity contribution in [2.45, 2.75) is 21.4 Å². The third-order valence-corrected chi connectivity index (χ3v) is 6.51. The fourth-order valence-corrected chi connectivity index (χ4v) is 4.87. The summed E-state index contributed by atoms with van der Waals surface area (Å²) < 4.78 is 2.91. The molecule has 79 valence electrons. The van der Waals surface area contributed by atoms with Gasteiger partial charge in [-0.05, 0) is 0 Å². The first-order chi connectivity index (χ1) is 7.45. The molecule has 1 radical (unpaired) electrons. The van der Waals surface area contributed by atoms with Crippen LogP contribution >= 0.6 is 0 Å². The molecule has 0 saturated heterocycles. The Kier molecular flexibility index (Phi) is 4.96. The van der Waals surface area contributed by atoms with Crippen LogP contribution in [-0.2, 0) is 13.1 Å². The van der Waals surface area contributed by atoms with Crippen molar-refractivity contribution in [3.63, 3.8) is 0 Å². The van der Waals surface area contributed by atoms with Gasteiger partial charge in [0.1, 0.15) is 0 Å². The van der Waals surface area contributed by atoms with Crippen LogP contribution in [0.25, 0.3) is 0 Å². The molecular formula is C11H17InN3. The molecule has 0 aliphatic carbocycles. The normalized spacial score (nSPS) is 18.4. The molecule has 0 fully saturated rings. The molecule has 2 rings (SSSR count). The number of fused-ring (bicyclic) bond motifs is 2. The first-order valence-corrected chi connectivity index (χ1v) is 10.3. The second-order valence-corrected chi connectivity index (χ2v) is 8.78. The third-order valence-electron chi connectivity index (χ3n) is 2.53. The summed E-state index contributed by atoms with van der Waals surface area (Å²) in [6.07, 6.45) is 0. The maximum atomic E-state index is 4.60. The number of rotatable bonds is 0. The quantitative estimate of drug-likeness (QED) is 0.745. The standard InChI is InChI=1S/C11H17N3.In/c1-3-12-8-10-6-5-7-11(14-10)9-13-4-2;/h5-7,12-13H,1-4,8-9H2;. The van der Waals surface area contributed by atoms with E-state index in [1.54, 1.807) is 0 Å². The maximum absolute atomic E-state index is 4.60. The fraction of sp³-hybridized carbons (Fsp3) is 0.545. The van der Waals surface area contributed by atoms with E-state index in [1.165, 1.54) is 32.8 Å². The first kappa shape index (κ1) is 11.4. The molecule has 3 nitrogen and oxygen atoms in total. The van der Waals surface area contributed by atoms with Crippen LogP contribution < -0.4 is 10.6 Å². The van der Waals surface area contributed by atoms with E-state index in [9.17, 15) is 0 Å². The van der Waals surface area contributed by atoms with Crippen molar-refractivity contribution >= 4 is 22.9 Å². The zero-order chi connectivity index (χ0) is 10.3. The minimum absolute atomic E-state index is 0.258. The molecule has 2 bridgehead atoms. The zero-order valence-corrected chi connectivity index (χ0v) is 12.3. The summed E-state index contributed by atoms with van der Waals surface area (Å²) >= 11 is -0.258. The second-order valence-electron chi connectivity index (χ2n) is 3.84. The van der Waals surface area contributed by atoms with Gasteiger partial charge in [-0.15, -0.1) is 0 Å². The predicted octanol–water partition coefficient (Wildman–Crippen LogP) is 0.815. The minimum atomic E-state index is -0.258. The van der Waals surface area contributed by atoms with Crippen molar-refractivity contribution in [3.05, 3.63) is 29.6 Å². The van der Waals surface area contributed by atoms with Crippen LogP contribution in [0.1, 0.15) is 11.4 Å². The predicted molar refractivity (Wildman–Crippen MR) is 63.0 cm³/mol. The number of pyridine rings is 1. The summed E-state index contributed by atoms with van der Waals surface area (Å²) in [5, 5.41) is 6.95.